The summed E-state index contributed by atoms with van der Waals surface area (Å²) < 4.78 is 0. The minimum Gasteiger partial charge on any atom is -0.397 e. The first-order valence-electron chi connectivity index (χ1n) is 6.27. The zero-order valence-electron chi connectivity index (χ0n) is 10.5. The standard InChI is InChI=1S/C13H19N3O2/c1-9(17)10-4-7-16(8-5-10)13(18)12-11(14)3-2-6-15-12/h2-3,6,9-10,17H,4-5,7-8,14H2,1H3. The van der Waals surface area contributed by atoms with Crippen LogP contribution >= 0.6 is 0 Å². The van der Waals surface area contributed by atoms with Crippen molar-refractivity contribution >= 4 is 11.6 Å². The highest BCUT2D eigenvalue weighted by atomic mass is 16.3. The Morgan fingerprint density at radius 1 is 1.56 bits per heavy atom. The van der Waals surface area contributed by atoms with Crippen LogP contribution in [0, 0.1) is 5.92 Å². The van der Waals surface area contributed by atoms with Crippen molar-refractivity contribution in [2.24, 2.45) is 5.92 Å². The highest BCUT2D eigenvalue weighted by molar-refractivity contribution is 5.97. The number of rotatable bonds is 2. The SMILES string of the molecule is CC(O)C1CCN(C(=O)c2ncccc2N)CC1. The summed E-state index contributed by atoms with van der Waals surface area (Å²) in [4.78, 5) is 18.0. The van der Waals surface area contributed by atoms with E-state index in [1.54, 1.807) is 30.2 Å². The van der Waals surface area contributed by atoms with E-state index in [-0.39, 0.29) is 17.9 Å². The maximum Gasteiger partial charge on any atom is 0.274 e. The normalized spacial score (nSPS) is 18.7. The molecule has 98 valence electrons. The summed E-state index contributed by atoms with van der Waals surface area (Å²) in [6.07, 6.45) is 2.93. The Morgan fingerprint density at radius 2 is 2.22 bits per heavy atom. The summed E-state index contributed by atoms with van der Waals surface area (Å²) in [5.41, 5.74) is 6.50. The van der Waals surface area contributed by atoms with Crippen molar-refractivity contribution in [2.45, 2.75) is 25.9 Å². The second-order valence-corrected chi connectivity index (χ2v) is 4.81. The third-order valence-corrected chi connectivity index (χ3v) is 3.55. The molecule has 1 aromatic heterocycles. The number of amides is 1. The average Bonchev–Trinajstić information content (AvgIpc) is 2.38. The van der Waals surface area contributed by atoms with Gasteiger partial charge in [-0.05, 0) is 37.8 Å². The van der Waals surface area contributed by atoms with E-state index in [0.29, 0.717) is 24.5 Å². The minimum absolute atomic E-state index is 0.114. The van der Waals surface area contributed by atoms with Gasteiger partial charge in [0.1, 0.15) is 0 Å². The number of aromatic nitrogens is 1. The molecular weight excluding hydrogens is 230 g/mol. The smallest absolute Gasteiger partial charge is 0.274 e. The van der Waals surface area contributed by atoms with E-state index in [4.69, 9.17) is 5.73 Å². The monoisotopic (exact) mass is 249 g/mol. The summed E-state index contributed by atoms with van der Waals surface area (Å²) in [5, 5.41) is 9.53. The van der Waals surface area contributed by atoms with Crippen molar-refractivity contribution in [1.82, 2.24) is 9.88 Å². The molecule has 1 fully saturated rings. The van der Waals surface area contributed by atoms with E-state index in [0.717, 1.165) is 12.8 Å². The Balaban J connectivity index is 2.02. The predicted octanol–water partition coefficient (Wildman–Crippen LogP) is 0.897. The third kappa shape index (κ3) is 2.61. The summed E-state index contributed by atoms with van der Waals surface area (Å²) in [5.74, 6) is 0.173. The zero-order chi connectivity index (χ0) is 13.1. The summed E-state index contributed by atoms with van der Waals surface area (Å²) >= 11 is 0. The van der Waals surface area contributed by atoms with Gasteiger partial charge in [-0.2, -0.15) is 0 Å². The molecule has 1 atom stereocenters. The lowest BCUT2D eigenvalue weighted by molar-refractivity contribution is 0.0518. The molecule has 0 bridgehead atoms. The van der Waals surface area contributed by atoms with Crippen LogP contribution in [-0.2, 0) is 0 Å². The molecule has 1 amide bonds. The molecule has 5 heteroatoms. The van der Waals surface area contributed by atoms with Crippen LogP contribution in [-0.4, -0.2) is 40.1 Å². The van der Waals surface area contributed by atoms with Crippen LogP contribution in [0.5, 0.6) is 0 Å². The van der Waals surface area contributed by atoms with Crippen molar-refractivity contribution < 1.29 is 9.90 Å². The maximum absolute atomic E-state index is 12.2. The van der Waals surface area contributed by atoms with Crippen LogP contribution in [0.1, 0.15) is 30.3 Å². The molecule has 2 heterocycles. The topological polar surface area (TPSA) is 79.5 Å². The van der Waals surface area contributed by atoms with Crippen molar-refractivity contribution in [3.63, 3.8) is 0 Å². The number of pyridine rings is 1. The Labute approximate surface area is 107 Å². The number of aliphatic hydroxyl groups excluding tert-OH is 1. The third-order valence-electron chi connectivity index (χ3n) is 3.55. The molecule has 5 nitrogen and oxygen atoms in total. The fourth-order valence-electron chi connectivity index (χ4n) is 2.33. The van der Waals surface area contributed by atoms with Crippen LogP contribution in [0.25, 0.3) is 0 Å². The second kappa shape index (κ2) is 5.35. The maximum atomic E-state index is 12.2. The molecule has 1 unspecified atom stereocenters. The predicted molar refractivity (Wildman–Crippen MR) is 69.0 cm³/mol. The number of carbonyl (C=O) groups excluding carboxylic acids is 1. The molecule has 3 N–H and O–H groups in total. The lowest BCUT2D eigenvalue weighted by atomic mass is 9.92. The van der Waals surface area contributed by atoms with Gasteiger partial charge in [0, 0.05) is 19.3 Å². The van der Waals surface area contributed by atoms with Crippen molar-refractivity contribution in [1.29, 1.82) is 0 Å². The molecule has 1 saturated heterocycles. The molecule has 0 aromatic carbocycles. The van der Waals surface area contributed by atoms with Crippen molar-refractivity contribution in [3.05, 3.63) is 24.0 Å². The molecule has 0 spiro atoms. The fourth-order valence-corrected chi connectivity index (χ4v) is 2.33. The molecular formula is C13H19N3O2. The number of piperidine rings is 1. The summed E-state index contributed by atoms with van der Waals surface area (Å²) in [6.45, 7) is 3.12. The van der Waals surface area contributed by atoms with Crippen LogP contribution in [0.2, 0.25) is 0 Å². The Hall–Kier alpha value is -1.62. The Morgan fingerprint density at radius 3 is 2.78 bits per heavy atom. The van der Waals surface area contributed by atoms with Gasteiger partial charge in [0.2, 0.25) is 0 Å². The second-order valence-electron chi connectivity index (χ2n) is 4.81. The van der Waals surface area contributed by atoms with E-state index in [1.165, 1.54) is 0 Å². The molecule has 1 aromatic rings. The fraction of sp³-hybridized carbons (Fsp3) is 0.538. The molecule has 0 radical (unpaired) electrons. The highest BCUT2D eigenvalue weighted by Gasteiger charge is 2.27. The number of aliphatic hydroxyl groups is 1. The van der Waals surface area contributed by atoms with E-state index in [9.17, 15) is 9.90 Å². The first kappa shape index (κ1) is 12.8. The van der Waals surface area contributed by atoms with Gasteiger partial charge in [0.25, 0.3) is 5.91 Å². The highest BCUT2D eigenvalue weighted by Crippen LogP contribution is 2.22. The van der Waals surface area contributed by atoms with Gasteiger partial charge in [-0.25, -0.2) is 4.98 Å². The van der Waals surface area contributed by atoms with Crippen molar-refractivity contribution in [3.8, 4) is 0 Å². The molecule has 1 aliphatic heterocycles. The van der Waals surface area contributed by atoms with E-state index in [2.05, 4.69) is 4.98 Å². The zero-order valence-corrected chi connectivity index (χ0v) is 10.5. The number of hydrogen-bond acceptors (Lipinski definition) is 4. The number of nitrogens with zero attached hydrogens (tertiary/aromatic N) is 2. The van der Waals surface area contributed by atoms with Gasteiger partial charge in [-0.3, -0.25) is 4.79 Å². The van der Waals surface area contributed by atoms with Gasteiger partial charge < -0.3 is 15.7 Å². The number of likely N-dealkylation sites (tertiary alicyclic amines) is 1. The number of anilines is 1. The summed E-state index contributed by atoms with van der Waals surface area (Å²) in [7, 11) is 0. The average molecular weight is 249 g/mol. The lowest BCUT2D eigenvalue weighted by Gasteiger charge is -2.33. The van der Waals surface area contributed by atoms with Crippen molar-refractivity contribution in [2.75, 3.05) is 18.8 Å². The molecule has 0 saturated carbocycles. The Bertz CT molecular complexity index is 426. The lowest BCUT2D eigenvalue weighted by Crippen LogP contribution is -2.41. The summed E-state index contributed by atoms with van der Waals surface area (Å²) in [6, 6.07) is 3.40. The van der Waals surface area contributed by atoms with Gasteiger partial charge in [0.15, 0.2) is 5.69 Å². The minimum atomic E-state index is -0.304. The number of nitrogen functional groups attached to an aromatic ring is 1. The molecule has 18 heavy (non-hydrogen) atoms. The molecule has 1 aliphatic rings. The number of hydrogen-bond donors (Lipinski definition) is 2. The van der Waals surface area contributed by atoms with Gasteiger partial charge >= 0.3 is 0 Å². The Kier molecular flexibility index (Phi) is 3.81. The van der Waals surface area contributed by atoms with E-state index < -0.39 is 0 Å². The number of nitrogens with two attached hydrogens (primary N) is 1. The number of carbonyl (C=O) groups is 1. The van der Waals surface area contributed by atoms with E-state index in [1.807, 2.05) is 0 Å². The molecule has 0 aliphatic carbocycles. The quantitative estimate of drug-likeness (QED) is 0.816. The van der Waals surface area contributed by atoms with Gasteiger partial charge in [-0.15, -0.1) is 0 Å². The largest absolute Gasteiger partial charge is 0.397 e. The van der Waals surface area contributed by atoms with Crippen LogP contribution in [0.3, 0.4) is 0 Å². The molecule has 2 rings (SSSR count). The van der Waals surface area contributed by atoms with Gasteiger partial charge in [0.05, 0.1) is 11.8 Å². The van der Waals surface area contributed by atoms with Gasteiger partial charge in [-0.1, -0.05) is 0 Å². The first-order valence-corrected chi connectivity index (χ1v) is 6.27. The first-order chi connectivity index (χ1) is 8.59. The van der Waals surface area contributed by atoms with Crippen LogP contribution in [0.15, 0.2) is 18.3 Å². The van der Waals surface area contributed by atoms with Crippen LogP contribution < -0.4 is 5.73 Å². The van der Waals surface area contributed by atoms with E-state index >= 15 is 0 Å². The van der Waals surface area contributed by atoms with Crippen LogP contribution in [0.4, 0.5) is 5.69 Å².